The lowest BCUT2D eigenvalue weighted by Gasteiger charge is -2.50. The highest BCUT2D eigenvalue weighted by atomic mass is 19.1. The smallest absolute Gasteiger partial charge is 0.123 e. The third-order valence-corrected chi connectivity index (χ3v) is 5.07. The van der Waals surface area contributed by atoms with Crippen LogP contribution in [0.25, 0.3) is 0 Å². The third-order valence-electron chi connectivity index (χ3n) is 5.07. The molecule has 0 saturated carbocycles. The molecule has 0 spiro atoms. The SMILES string of the molecule is CCCC1CN(Cc2ccc(F)cc2)C(CC)(CC)CN1. The van der Waals surface area contributed by atoms with Crippen molar-refractivity contribution < 1.29 is 4.39 Å². The normalized spacial score (nSPS) is 22.4. The lowest BCUT2D eigenvalue weighted by atomic mass is 9.86. The summed E-state index contributed by atoms with van der Waals surface area (Å²) in [5.41, 5.74) is 1.44. The third kappa shape index (κ3) is 3.83. The number of rotatable bonds is 6. The van der Waals surface area contributed by atoms with E-state index in [0.717, 1.165) is 32.5 Å². The summed E-state index contributed by atoms with van der Waals surface area (Å²) in [6.07, 6.45) is 4.74. The number of halogens is 1. The summed E-state index contributed by atoms with van der Waals surface area (Å²) >= 11 is 0. The molecule has 0 aromatic heterocycles. The largest absolute Gasteiger partial charge is 0.311 e. The summed E-state index contributed by atoms with van der Waals surface area (Å²) in [6.45, 7) is 9.88. The lowest BCUT2D eigenvalue weighted by Crippen LogP contribution is -2.63. The van der Waals surface area contributed by atoms with Gasteiger partial charge in [0.25, 0.3) is 0 Å². The summed E-state index contributed by atoms with van der Waals surface area (Å²) in [5, 5.41) is 3.74. The van der Waals surface area contributed by atoms with E-state index in [2.05, 4.69) is 31.0 Å². The molecule has 1 aliphatic rings. The van der Waals surface area contributed by atoms with Crippen LogP contribution in [-0.2, 0) is 6.54 Å². The first-order valence-corrected chi connectivity index (χ1v) is 8.36. The van der Waals surface area contributed by atoms with E-state index in [9.17, 15) is 4.39 Å². The Hall–Kier alpha value is -0.930. The van der Waals surface area contributed by atoms with Crippen molar-refractivity contribution in [3.63, 3.8) is 0 Å². The molecule has 1 aromatic carbocycles. The van der Waals surface area contributed by atoms with Crippen molar-refractivity contribution in [3.8, 4) is 0 Å². The molecule has 1 atom stereocenters. The van der Waals surface area contributed by atoms with Crippen molar-refractivity contribution in [2.24, 2.45) is 0 Å². The van der Waals surface area contributed by atoms with Crippen molar-refractivity contribution in [1.29, 1.82) is 0 Å². The van der Waals surface area contributed by atoms with Gasteiger partial charge in [-0.25, -0.2) is 4.39 Å². The zero-order valence-electron chi connectivity index (χ0n) is 13.7. The van der Waals surface area contributed by atoms with Gasteiger partial charge in [0.15, 0.2) is 0 Å². The van der Waals surface area contributed by atoms with E-state index in [-0.39, 0.29) is 11.4 Å². The van der Waals surface area contributed by atoms with E-state index in [4.69, 9.17) is 0 Å². The molecular weight excluding hydrogens is 263 g/mol. The van der Waals surface area contributed by atoms with Crippen LogP contribution in [0.1, 0.15) is 52.0 Å². The van der Waals surface area contributed by atoms with Crippen LogP contribution < -0.4 is 5.32 Å². The Kier molecular flexibility index (Phi) is 5.77. The van der Waals surface area contributed by atoms with Crippen LogP contribution in [0.5, 0.6) is 0 Å². The predicted octanol–water partition coefficient (Wildman–Crippen LogP) is 3.96. The first-order chi connectivity index (χ1) is 10.1. The Bertz CT molecular complexity index is 425. The average Bonchev–Trinajstić information content (AvgIpc) is 2.51. The molecule has 2 rings (SSSR count). The lowest BCUT2D eigenvalue weighted by molar-refractivity contribution is 0.0227. The van der Waals surface area contributed by atoms with Gasteiger partial charge in [-0.3, -0.25) is 4.90 Å². The van der Waals surface area contributed by atoms with E-state index in [1.165, 1.54) is 18.4 Å². The molecule has 0 radical (unpaired) electrons. The molecule has 1 heterocycles. The van der Waals surface area contributed by atoms with Gasteiger partial charge in [0.1, 0.15) is 5.82 Å². The van der Waals surface area contributed by atoms with Gasteiger partial charge in [0, 0.05) is 31.2 Å². The molecule has 1 fully saturated rings. The Morgan fingerprint density at radius 3 is 2.43 bits per heavy atom. The van der Waals surface area contributed by atoms with Gasteiger partial charge in [-0.2, -0.15) is 0 Å². The number of nitrogens with one attached hydrogen (secondary N) is 1. The van der Waals surface area contributed by atoms with E-state index in [1.807, 2.05) is 12.1 Å². The van der Waals surface area contributed by atoms with Gasteiger partial charge in [-0.05, 0) is 37.0 Å². The van der Waals surface area contributed by atoms with Crippen molar-refractivity contribution in [2.75, 3.05) is 13.1 Å². The molecule has 1 N–H and O–H groups in total. The van der Waals surface area contributed by atoms with Crippen LogP contribution in [0.15, 0.2) is 24.3 Å². The molecule has 1 aromatic rings. The van der Waals surface area contributed by atoms with Crippen molar-refractivity contribution in [3.05, 3.63) is 35.6 Å². The van der Waals surface area contributed by atoms with Gasteiger partial charge in [-0.1, -0.05) is 39.3 Å². The summed E-state index contributed by atoms with van der Waals surface area (Å²) in [7, 11) is 0. The van der Waals surface area contributed by atoms with E-state index in [0.29, 0.717) is 6.04 Å². The van der Waals surface area contributed by atoms with E-state index >= 15 is 0 Å². The van der Waals surface area contributed by atoms with Crippen LogP contribution in [0.3, 0.4) is 0 Å². The second-order valence-electron chi connectivity index (χ2n) is 6.30. The molecule has 1 aliphatic heterocycles. The first-order valence-electron chi connectivity index (χ1n) is 8.36. The molecule has 118 valence electrons. The molecule has 2 nitrogen and oxygen atoms in total. The Morgan fingerprint density at radius 2 is 1.86 bits per heavy atom. The molecule has 0 bridgehead atoms. The highest BCUT2D eigenvalue weighted by Crippen LogP contribution is 2.29. The maximum Gasteiger partial charge on any atom is 0.123 e. The summed E-state index contributed by atoms with van der Waals surface area (Å²) in [5.74, 6) is -0.153. The highest BCUT2D eigenvalue weighted by molar-refractivity contribution is 5.17. The second-order valence-corrected chi connectivity index (χ2v) is 6.30. The fourth-order valence-corrected chi connectivity index (χ4v) is 3.50. The second kappa shape index (κ2) is 7.37. The van der Waals surface area contributed by atoms with Crippen LogP contribution in [0.2, 0.25) is 0 Å². The number of piperazine rings is 1. The minimum absolute atomic E-state index is 0.153. The first kappa shape index (κ1) is 16.4. The van der Waals surface area contributed by atoms with Crippen molar-refractivity contribution in [2.45, 2.75) is 64.6 Å². The molecule has 0 amide bonds. The minimum Gasteiger partial charge on any atom is -0.311 e. The number of nitrogens with zero attached hydrogens (tertiary/aromatic N) is 1. The topological polar surface area (TPSA) is 15.3 Å². The van der Waals surface area contributed by atoms with Crippen molar-refractivity contribution in [1.82, 2.24) is 10.2 Å². The van der Waals surface area contributed by atoms with Gasteiger partial charge >= 0.3 is 0 Å². The average molecular weight is 292 g/mol. The van der Waals surface area contributed by atoms with Gasteiger partial charge in [0.05, 0.1) is 0 Å². The summed E-state index contributed by atoms with van der Waals surface area (Å²) in [4.78, 5) is 2.62. The Morgan fingerprint density at radius 1 is 1.19 bits per heavy atom. The zero-order chi connectivity index (χ0) is 15.3. The zero-order valence-corrected chi connectivity index (χ0v) is 13.7. The predicted molar refractivity (Wildman–Crippen MR) is 86.8 cm³/mol. The van der Waals surface area contributed by atoms with E-state index < -0.39 is 0 Å². The van der Waals surface area contributed by atoms with E-state index in [1.54, 1.807) is 12.1 Å². The molecule has 1 saturated heterocycles. The van der Waals surface area contributed by atoms with Crippen LogP contribution in [0.4, 0.5) is 4.39 Å². The Labute approximate surface area is 128 Å². The summed E-state index contributed by atoms with van der Waals surface area (Å²) in [6, 6.07) is 7.56. The minimum atomic E-state index is -0.153. The van der Waals surface area contributed by atoms with Gasteiger partial charge in [-0.15, -0.1) is 0 Å². The maximum absolute atomic E-state index is 13.1. The Balaban J connectivity index is 2.14. The molecule has 3 heteroatoms. The molecular formula is C18H29FN2. The summed E-state index contributed by atoms with van der Waals surface area (Å²) < 4.78 is 13.1. The fourth-order valence-electron chi connectivity index (χ4n) is 3.50. The van der Waals surface area contributed by atoms with Crippen molar-refractivity contribution >= 4 is 0 Å². The molecule has 1 unspecified atom stereocenters. The monoisotopic (exact) mass is 292 g/mol. The number of hydrogen-bond acceptors (Lipinski definition) is 2. The van der Waals surface area contributed by atoms with Gasteiger partial charge in [0.2, 0.25) is 0 Å². The quantitative estimate of drug-likeness (QED) is 0.854. The fraction of sp³-hybridized carbons (Fsp3) is 0.667. The maximum atomic E-state index is 13.1. The highest BCUT2D eigenvalue weighted by Gasteiger charge is 2.38. The number of hydrogen-bond donors (Lipinski definition) is 1. The standard InChI is InChI=1S/C18H29FN2/c1-4-7-17-13-21(18(5-2,6-3)14-20-17)12-15-8-10-16(19)11-9-15/h8-11,17,20H,4-7,12-14H2,1-3H3. The molecule has 21 heavy (non-hydrogen) atoms. The molecule has 0 aliphatic carbocycles. The van der Waals surface area contributed by atoms with Crippen LogP contribution in [0, 0.1) is 5.82 Å². The van der Waals surface area contributed by atoms with Crippen LogP contribution in [-0.4, -0.2) is 29.6 Å². The van der Waals surface area contributed by atoms with Gasteiger partial charge < -0.3 is 5.32 Å². The van der Waals surface area contributed by atoms with Crippen LogP contribution >= 0.6 is 0 Å². The number of benzene rings is 1.